The van der Waals surface area contributed by atoms with E-state index in [1.54, 1.807) is 11.1 Å². The van der Waals surface area contributed by atoms with E-state index in [0.717, 1.165) is 25.0 Å². The zero-order valence-corrected chi connectivity index (χ0v) is 17.6. The molecule has 2 aliphatic heterocycles. The van der Waals surface area contributed by atoms with Crippen molar-refractivity contribution in [3.05, 3.63) is 45.4 Å². The average molecular weight is 412 g/mol. The Labute approximate surface area is 175 Å². The van der Waals surface area contributed by atoms with E-state index in [2.05, 4.69) is 10.1 Å². The molecule has 4 heterocycles. The van der Waals surface area contributed by atoms with Gasteiger partial charge in [-0.3, -0.25) is 19.1 Å². The molecule has 2 aliphatic rings. The number of likely N-dealkylation sites (tertiary alicyclic amines) is 1. The quantitative estimate of drug-likeness (QED) is 0.816. The summed E-state index contributed by atoms with van der Waals surface area (Å²) in [5, 5.41) is 4.25. The summed E-state index contributed by atoms with van der Waals surface area (Å²) >= 11 is 0. The van der Waals surface area contributed by atoms with Crippen LogP contribution in [0.5, 0.6) is 0 Å². The van der Waals surface area contributed by atoms with Crippen LogP contribution in [0.4, 0.5) is 0 Å². The Bertz CT molecular complexity index is 1010. The van der Waals surface area contributed by atoms with Crippen molar-refractivity contribution >= 4 is 11.8 Å². The second-order valence-corrected chi connectivity index (χ2v) is 8.11. The number of rotatable bonds is 4. The molecular weight excluding hydrogens is 384 g/mol. The number of amides is 2. The van der Waals surface area contributed by atoms with Gasteiger partial charge >= 0.3 is 0 Å². The number of hydrogen-bond donors (Lipinski definition) is 1. The third-order valence-electron chi connectivity index (χ3n) is 6.14. The number of aryl methyl sites for hydroxylation is 2. The van der Waals surface area contributed by atoms with Crippen molar-refractivity contribution in [3.8, 4) is 0 Å². The summed E-state index contributed by atoms with van der Waals surface area (Å²) in [6.45, 7) is 5.56. The number of nitrogens with one attached hydrogen (secondary N) is 1. The van der Waals surface area contributed by atoms with Crippen LogP contribution in [0, 0.1) is 6.92 Å². The normalized spacial score (nSPS) is 18.9. The first-order chi connectivity index (χ1) is 14.4. The number of aromatic nitrogens is 4. The van der Waals surface area contributed by atoms with Gasteiger partial charge in [-0.15, -0.1) is 0 Å². The van der Waals surface area contributed by atoms with Gasteiger partial charge in [-0.2, -0.15) is 5.10 Å². The van der Waals surface area contributed by atoms with Gasteiger partial charge in [0.2, 0.25) is 11.8 Å². The molecule has 0 saturated carbocycles. The third kappa shape index (κ3) is 4.01. The van der Waals surface area contributed by atoms with E-state index >= 15 is 0 Å². The lowest BCUT2D eigenvalue weighted by molar-refractivity contribution is -0.135. The first-order valence-corrected chi connectivity index (χ1v) is 10.6. The molecule has 1 saturated heterocycles. The fraction of sp³-hybridized carbons (Fsp3) is 0.571. The van der Waals surface area contributed by atoms with Crippen LogP contribution in [0.1, 0.15) is 61.4 Å². The smallest absolute Gasteiger partial charge is 0.254 e. The number of hydrogen-bond acceptors (Lipinski definition) is 5. The molecule has 2 aromatic heterocycles. The predicted octanol–water partition coefficient (Wildman–Crippen LogP) is 1.32. The number of nitrogens with zero attached hydrogens (tertiary/aromatic N) is 5. The van der Waals surface area contributed by atoms with Crippen molar-refractivity contribution in [1.29, 1.82) is 0 Å². The standard InChI is InChI=1S/C21H28N6O3/c1-14-6-9-22-27(14)12-8-19(29)26-10-4-3-5-18(26)20-23-17-13-25(15(2)28)11-7-16(17)21(30)24-20/h6,9,18H,3-5,7-8,10-13H2,1-2H3,(H,23,24,30)/t18-/m0/s1. The van der Waals surface area contributed by atoms with Gasteiger partial charge < -0.3 is 14.8 Å². The number of carbonyl (C=O) groups excluding carboxylic acids is 2. The van der Waals surface area contributed by atoms with E-state index in [4.69, 9.17) is 4.98 Å². The van der Waals surface area contributed by atoms with Crippen molar-refractivity contribution < 1.29 is 9.59 Å². The van der Waals surface area contributed by atoms with Gasteiger partial charge in [0.25, 0.3) is 5.56 Å². The highest BCUT2D eigenvalue weighted by molar-refractivity contribution is 5.76. The van der Waals surface area contributed by atoms with E-state index in [9.17, 15) is 14.4 Å². The van der Waals surface area contributed by atoms with Gasteiger partial charge in [0.15, 0.2) is 0 Å². The van der Waals surface area contributed by atoms with Crippen LogP contribution >= 0.6 is 0 Å². The molecule has 2 amide bonds. The van der Waals surface area contributed by atoms with Gasteiger partial charge in [0.05, 0.1) is 18.3 Å². The lowest BCUT2D eigenvalue weighted by Gasteiger charge is -2.36. The van der Waals surface area contributed by atoms with E-state index < -0.39 is 0 Å². The fourth-order valence-corrected chi connectivity index (χ4v) is 4.38. The number of H-pyrrole nitrogens is 1. The molecule has 9 heteroatoms. The molecule has 0 aliphatic carbocycles. The molecular formula is C21H28N6O3. The summed E-state index contributed by atoms with van der Waals surface area (Å²) in [5.74, 6) is 0.556. The maximum absolute atomic E-state index is 13.0. The van der Waals surface area contributed by atoms with E-state index in [0.29, 0.717) is 56.1 Å². The summed E-state index contributed by atoms with van der Waals surface area (Å²) in [5.41, 5.74) is 2.18. The summed E-state index contributed by atoms with van der Waals surface area (Å²) in [6, 6.07) is 1.68. The summed E-state index contributed by atoms with van der Waals surface area (Å²) in [4.78, 5) is 48.7. The Balaban J connectivity index is 1.55. The molecule has 4 rings (SSSR count). The Morgan fingerprint density at radius 3 is 2.83 bits per heavy atom. The van der Waals surface area contributed by atoms with Crippen LogP contribution in [0.3, 0.4) is 0 Å². The number of piperidine rings is 1. The van der Waals surface area contributed by atoms with Gasteiger partial charge in [0.1, 0.15) is 5.82 Å². The van der Waals surface area contributed by atoms with Crippen LogP contribution in [-0.2, 0) is 29.1 Å². The summed E-state index contributed by atoms with van der Waals surface area (Å²) < 4.78 is 1.83. The molecule has 30 heavy (non-hydrogen) atoms. The third-order valence-corrected chi connectivity index (χ3v) is 6.14. The first kappa shape index (κ1) is 20.3. The van der Waals surface area contributed by atoms with Gasteiger partial charge in [-0.05, 0) is 38.7 Å². The van der Waals surface area contributed by atoms with Crippen LogP contribution in [0.25, 0.3) is 0 Å². The first-order valence-electron chi connectivity index (χ1n) is 10.6. The Morgan fingerprint density at radius 2 is 2.10 bits per heavy atom. The van der Waals surface area contributed by atoms with E-state index in [1.165, 1.54) is 6.92 Å². The maximum atomic E-state index is 13.0. The minimum Gasteiger partial charge on any atom is -0.337 e. The fourth-order valence-electron chi connectivity index (χ4n) is 4.38. The van der Waals surface area contributed by atoms with Gasteiger partial charge in [-0.25, -0.2) is 4.98 Å². The maximum Gasteiger partial charge on any atom is 0.254 e. The highest BCUT2D eigenvalue weighted by Gasteiger charge is 2.31. The molecule has 160 valence electrons. The Morgan fingerprint density at radius 1 is 1.27 bits per heavy atom. The summed E-state index contributed by atoms with van der Waals surface area (Å²) in [6.07, 6.45) is 5.28. The molecule has 0 bridgehead atoms. The highest BCUT2D eigenvalue weighted by Crippen LogP contribution is 2.30. The monoisotopic (exact) mass is 412 g/mol. The zero-order chi connectivity index (χ0) is 21.3. The van der Waals surface area contributed by atoms with Crippen molar-refractivity contribution in [1.82, 2.24) is 29.5 Å². The molecule has 0 unspecified atom stereocenters. The number of carbonyl (C=O) groups is 2. The predicted molar refractivity (Wildman–Crippen MR) is 110 cm³/mol. The van der Waals surface area contributed by atoms with Crippen molar-refractivity contribution in [2.75, 3.05) is 13.1 Å². The van der Waals surface area contributed by atoms with Gasteiger partial charge in [-0.1, -0.05) is 0 Å². The lowest BCUT2D eigenvalue weighted by Crippen LogP contribution is -2.42. The van der Waals surface area contributed by atoms with Crippen molar-refractivity contribution in [3.63, 3.8) is 0 Å². The zero-order valence-electron chi connectivity index (χ0n) is 17.6. The topological polar surface area (TPSA) is 104 Å². The van der Waals surface area contributed by atoms with E-state index in [-0.39, 0.29) is 23.4 Å². The lowest BCUT2D eigenvalue weighted by atomic mass is 9.99. The van der Waals surface area contributed by atoms with Crippen LogP contribution in [-0.4, -0.2) is 54.5 Å². The van der Waals surface area contributed by atoms with Crippen LogP contribution < -0.4 is 5.56 Å². The second kappa shape index (κ2) is 8.41. The minimum absolute atomic E-state index is 0.0207. The van der Waals surface area contributed by atoms with Gasteiger partial charge in [0, 0.05) is 50.4 Å². The Hall–Kier alpha value is -2.97. The van der Waals surface area contributed by atoms with Crippen molar-refractivity contribution in [2.45, 2.75) is 65.1 Å². The van der Waals surface area contributed by atoms with Crippen molar-refractivity contribution in [2.24, 2.45) is 0 Å². The largest absolute Gasteiger partial charge is 0.337 e. The molecule has 9 nitrogen and oxygen atoms in total. The molecule has 1 N–H and O–H groups in total. The second-order valence-electron chi connectivity index (χ2n) is 8.11. The average Bonchev–Trinajstić information content (AvgIpc) is 3.16. The molecule has 2 aromatic rings. The van der Waals surface area contributed by atoms with E-state index in [1.807, 2.05) is 22.6 Å². The van der Waals surface area contributed by atoms with Crippen LogP contribution in [0.15, 0.2) is 17.1 Å². The molecule has 1 atom stereocenters. The minimum atomic E-state index is -0.240. The molecule has 0 aromatic carbocycles. The SMILES string of the molecule is CC(=O)N1CCc2c(nc([C@@H]3CCCCN3C(=O)CCn3nccc3C)[nH]c2=O)C1. The van der Waals surface area contributed by atoms with Crippen LogP contribution in [0.2, 0.25) is 0 Å². The molecule has 0 radical (unpaired) electrons. The molecule has 1 fully saturated rings. The number of aromatic amines is 1. The molecule has 0 spiro atoms. The number of fused-ring (bicyclic) bond motifs is 1. The Kier molecular flexibility index (Phi) is 5.69. The summed E-state index contributed by atoms with van der Waals surface area (Å²) in [7, 11) is 0. The highest BCUT2D eigenvalue weighted by atomic mass is 16.2.